The van der Waals surface area contributed by atoms with E-state index in [9.17, 15) is 9.90 Å². The number of hydrogen-bond donors (Lipinski definition) is 2. The molecular weight excluding hydrogens is 314 g/mol. The van der Waals surface area contributed by atoms with Crippen LogP contribution < -0.4 is 10.2 Å². The first-order valence-corrected chi connectivity index (χ1v) is 9.17. The van der Waals surface area contributed by atoms with Gasteiger partial charge in [0.1, 0.15) is 5.75 Å². The number of piperazine rings is 1. The second-order valence-electron chi connectivity index (χ2n) is 7.03. The Bertz CT molecular complexity index is 763. The predicted octanol–water partition coefficient (Wildman–Crippen LogP) is 2.23. The van der Waals surface area contributed by atoms with Gasteiger partial charge in [-0.25, -0.2) is 0 Å². The molecule has 5 heteroatoms. The quantitative estimate of drug-likeness (QED) is 0.840. The molecule has 0 spiro atoms. The third kappa shape index (κ3) is 3.22. The number of carbonyl (C=O) groups excluding carboxylic acids is 1. The number of phenols is 1. The number of fused-ring (bicyclic) bond motifs is 1. The van der Waals surface area contributed by atoms with Crippen molar-refractivity contribution in [3.8, 4) is 5.75 Å². The Morgan fingerprint density at radius 2 is 1.80 bits per heavy atom. The molecule has 4 rings (SSSR count). The summed E-state index contributed by atoms with van der Waals surface area (Å²) in [7, 11) is 0. The molecule has 2 fully saturated rings. The highest BCUT2D eigenvalue weighted by Gasteiger charge is 2.25. The van der Waals surface area contributed by atoms with Crippen molar-refractivity contribution in [1.29, 1.82) is 0 Å². The second-order valence-corrected chi connectivity index (χ2v) is 7.03. The molecule has 0 aliphatic carbocycles. The number of nitrogens with zero attached hydrogens (tertiary/aromatic N) is 2. The van der Waals surface area contributed by atoms with Gasteiger partial charge in [0.15, 0.2) is 6.29 Å². The van der Waals surface area contributed by atoms with Crippen LogP contribution in [0.25, 0.3) is 10.8 Å². The van der Waals surface area contributed by atoms with E-state index < -0.39 is 0 Å². The zero-order valence-electron chi connectivity index (χ0n) is 14.4. The summed E-state index contributed by atoms with van der Waals surface area (Å²) in [5.41, 5.74) is 1.57. The Balaban J connectivity index is 1.49. The highest BCUT2D eigenvalue weighted by molar-refractivity contribution is 6.01. The van der Waals surface area contributed by atoms with Gasteiger partial charge in [0.05, 0.1) is 5.56 Å². The summed E-state index contributed by atoms with van der Waals surface area (Å²) in [6.07, 6.45) is 3.25. The fourth-order valence-electron chi connectivity index (χ4n) is 4.17. The van der Waals surface area contributed by atoms with Gasteiger partial charge >= 0.3 is 0 Å². The lowest BCUT2D eigenvalue weighted by molar-refractivity contribution is 0.112. The van der Waals surface area contributed by atoms with Crippen molar-refractivity contribution in [1.82, 2.24) is 10.2 Å². The molecular formula is C20H25N3O2. The topological polar surface area (TPSA) is 55.8 Å². The van der Waals surface area contributed by atoms with Crippen LogP contribution >= 0.6 is 0 Å². The van der Waals surface area contributed by atoms with Crippen molar-refractivity contribution in [3.63, 3.8) is 0 Å². The zero-order valence-corrected chi connectivity index (χ0v) is 14.4. The number of nitrogens with one attached hydrogen (secondary N) is 1. The Morgan fingerprint density at radius 1 is 1.04 bits per heavy atom. The highest BCUT2D eigenvalue weighted by Crippen LogP contribution is 2.29. The van der Waals surface area contributed by atoms with Gasteiger partial charge in [0, 0.05) is 37.9 Å². The Labute approximate surface area is 148 Å². The number of rotatable bonds is 3. The van der Waals surface area contributed by atoms with E-state index in [-0.39, 0.29) is 5.75 Å². The maximum atomic E-state index is 11.2. The van der Waals surface area contributed by atoms with E-state index in [1.165, 1.54) is 18.5 Å². The summed E-state index contributed by atoms with van der Waals surface area (Å²) in [4.78, 5) is 16.3. The summed E-state index contributed by atoms with van der Waals surface area (Å²) in [5, 5.41) is 15.1. The van der Waals surface area contributed by atoms with Gasteiger partial charge < -0.3 is 15.3 Å². The third-order valence-corrected chi connectivity index (χ3v) is 5.64. The van der Waals surface area contributed by atoms with Gasteiger partial charge in [0.25, 0.3) is 0 Å². The molecule has 0 amide bonds. The second kappa shape index (κ2) is 7.02. The van der Waals surface area contributed by atoms with Gasteiger partial charge in [-0.3, -0.25) is 9.69 Å². The number of anilines is 1. The number of phenolic OH excluding ortho intramolecular Hbond substituents is 1. The molecule has 2 aliphatic rings. The standard InChI is InChI=1S/C20H25N3O2/c24-14-19-18-3-2-17(13-15(18)1-4-20(19)25)23-11-9-22(10-12-23)16-5-7-21-8-6-16/h1-4,13-14,16,21,25H,5-12H2. The fraction of sp³-hybridized carbons (Fsp3) is 0.450. The molecule has 2 aromatic rings. The Kier molecular flexibility index (Phi) is 4.59. The molecule has 5 nitrogen and oxygen atoms in total. The van der Waals surface area contributed by atoms with Crippen LogP contribution in [0.5, 0.6) is 5.75 Å². The minimum Gasteiger partial charge on any atom is -0.507 e. The minimum absolute atomic E-state index is 0.0471. The molecule has 25 heavy (non-hydrogen) atoms. The monoisotopic (exact) mass is 339 g/mol. The van der Waals surface area contributed by atoms with Crippen molar-refractivity contribution in [3.05, 3.63) is 35.9 Å². The third-order valence-electron chi connectivity index (χ3n) is 5.64. The lowest BCUT2D eigenvalue weighted by atomic mass is 10.0. The van der Waals surface area contributed by atoms with Crippen LogP contribution in [-0.4, -0.2) is 61.6 Å². The highest BCUT2D eigenvalue weighted by atomic mass is 16.3. The molecule has 2 saturated heterocycles. The average Bonchev–Trinajstić information content (AvgIpc) is 2.68. The van der Waals surface area contributed by atoms with Crippen molar-refractivity contribution < 1.29 is 9.90 Å². The number of benzene rings is 2. The van der Waals surface area contributed by atoms with Crippen molar-refractivity contribution in [2.75, 3.05) is 44.2 Å². The summed E-state index contributed by atoms with van der Waals surface area (Å²) in [6, 6.07) is 10.4. The number of aldehydes is 1. The predicted molar refractivity (Wildman–Crippen MR) is 101 cm³/mol. The summed E-state index contributed by atoms with van der Waals surface area (Å²) in [5.74, 6) is 0.0471. The SMILES string of the molecule is O=Cc1c(O)ccc2cc(N3CCN(C4CCNCC4)CC3)ccc12. The molecule has 0 bridgehead atoms. The van der Waals surface area contributed by atoms with Crippen LogP contribution in [0.1, 0.15) is 23.2 Å². The van der Waals surface area contributed by atoms with Gasteiger partial charge in [0.2, 0.25) is 0 Å². The normalized spacial score (nSPS) is 20.1. The molecule has 0 atom stereocenters. The van der Waals surface area contributed by atoms with Crippen molar-refractivity contribution >= 4 is 22.7 Å². The smallest absolute Gasteiger partial charge is 0.154 e. The first-order valence-electron chi connectivity index (χ1n) is 9.17. The Morgan fingerprint density at radius 3 is 2.52 bits per heavy atom. The van der Waals surface area contributed by atoms with Crippen molar-refractivity contribution in [2.24, 2.45) is 0 Å². The molecule has 0 unspecified atom stereocenters. The van der Waals surface area contributed by atoms with Crippen LogP contribution in [0.15, 0.2) is 30.3 Å². The average molecular weight is 339 g/mol. The molecule has 0 radical (unpaired) electrons. The van der Waals surface area contributed by atoms with Gasteiger partial charge in [-0.05, 0) is 54.9 Å². The molecule has 2 N–H and O–H groups in total. The maximum Gasteiger partial charge on any atom is 0.154 e. The van der Waals surface area contributed by atoms with Crippen LogP contribution in [-0.2, 0) is 0 Å². The van der Waals surface area contributed by atoms with Crippen LogP contribution in [0, 0.1) is 0 Å². The van der Waals surface area contributed by atoms with Crippen molar-refractivity contribution in [2.45, 2.75) is 18.9 Å². The number of piperidine rings is 1. The number of hydrogen-bond acceptors (Lipinski definition) is 5. The van der Waals surface area contributed by atoms with E-state index in [0.29, 0.717) is 5.56 Å². The fourth-order valence-corrected chi connectivity index (χ4v) is 4.17. The molecule has 0 saturated carbocycles. The van der Waals surface area contributed by atoms with E-state index in [4.69, 9.17) is 0 Å². The van der Waals surface area contributed by atoms with E-state index >= 15 is 0 Å². The zero-order chi connectivity index (χ0) is 17.2. The molecule has 132 valence electrons. The van der Waals surface area contributed by atoms with Gasteiger partial charge in [-0.1, -0.05) is 12.1 Å². The summed E-state index contributed by atoms with van der Waals surface area (Å²) < 4.78 is 0. The van der Waals surface area contributed by atoms with E-state index in [0.717, 1.165) is 62.4 Å². The first-order chi connectivity index (χ1) is 12.3. The van der Waals surface area contributed by atoms with Gasteiger partial charge in [-0.15, -0.1) is 0 Å². The maximum absolute atomic E-state index is 11.2. The number of aromatic hydroxyl groups is 1. The molecule has 0 aromatic heterocycles. The lowest BCUT2D eigenvalue weighted by Gasteiger charge is -2.41. The van der Waals surface area contributed by atoms with Crippen LogP contribution in [0.4, 0.5) is 5.69 Å². The summed E-state index contributed by atoms with van der Waals surface area (Å²) >= 11 is 0. The molecule has 2 heterocycles. The number of carbonyl (C=O) groups is 1. The Hall–Kier alpha value is -2.11. The van der Waals surface area contributed by atoms with Gasteiger partial charge in [-0.2, -0.15) is 0 Å². The summed E-state index contributed by atoms with van der Waals surface area (Å²) in [6.45, 7) is 6.57. The van der Waals surface area contributed by atoms with Crippen LogP contribution in [0.2, 0.25) is 0 Å². The minimum atomic E-state index is 0.0471. The van der Waals surface area contributed by atoms with Crippen LogP contribution in [0.3, 0.4) is 0 Å². The van der Waals surface area contributed by atoms with E-state index in [1.807, 2.05) is 12.1 Å². The largest absolute Gasteiger partial charge is 0.507 e. The van der Waals surface area contributed by atoms with E-state index in [1.54, 1.807) is 6.07 Å². The van der Waals surface area contributed by atoms with E-state index in [2.05, 4.69) is 27.2 Å². The molecule has 2 aliphatic heterocycles. The lowest BCUT2D eigenvalue weighted by Crippen LogP contribution is -2.52. The first kappa shape index (κ1) is 16.4. The molecule has 2 aromatic carbocycles.